The van der Waals surface area contributed by atoms with Crippen molar-refractivity contribution in [1.82, 2.24) is 5.32 Å². The number of hydrogen-bond donors (Lipinski definition) is 2. The van der Waals surface area contributed by atoms with Gasteiger partial charge in [-0.2, -0.15) is 0 Å². The Hall–Kier alpha value is -2.17. The predicted octanol–water partition coefficient (Wildman–Crippen LogP) is 1.74. The molecule has 5 nitrogen and oxygen atoms in total. The average molecular weight is 286 g/mol. The topological polar surface area (TPSA) is 75.3 Å². The quantitative estimate of drug-likeness (QED) is 0.810. The lowest BCUT2D eigenvalue weighted by atomic mass is 10.1. The van der Waals surface area contributed by atoms with Gasteiger partial charge in [-0.15, -0.1) is 0 Å². The molecule has 0 aromatic heterocycles. The van der Waals surface area contributed by atoms with E-state index in [1.807, 2.05) is 0 Å². The van der Waals surface area contributed by atoms with Gasteiger partial charge >= 0.3 is 0 Å². The summed E-state index contributed by atoms with van der Waals surface area (Å²) >= 11 is 0. The minimum Gasteiger partial charge on any atom is -0.353 e. The van der Waals surface area contributed by atoms with Crippen LogP contribution in [0, 0.1) is 11.8 Å². The van der Waals surface area contributed by atoms with E-state index in [1.165, 1.54) is 6.92 Å². The molecule has 1 aromatic rings. The zero-order chi connectivity index (χ0) is 15.0. The maximum Gasteiger partial charge on any atom is 0.228 e. The second-order valence-corrected chi connectivity index (χ2v) is 5.86. The largest absolute Gasteiger partial charge is 0.353 e. The van der Waals surface area contributed by atoms with Gasteiger partial charge < -0.3 is 10.6 Å². The van der Waals surface area contributed by atoms with Gasteiger partial charge in [-0.3, -0.25) is 14.4 Å². The van der Waals surface area contributed by atoms with Crippen LogP contribution in [-0.2, 0) is 9.59 Å². The fourth-order valence-corrected chi connectivity index (χ4v) is 2.36. The minimum atomic E-state index is -0.246. The summed E-state index contributed by atoms with van der Waals surface area (Å²) < 4.78 is 0. The van der Waals surface area contributed by atoms with Gasteiger partial charge in [-0.05, 0) is 38.3 Å². The summed E-state index contributed by atoms with van der Waals surface area (Å²) in [6, 6.07) is 7.17. The van der Waals surface area contributed by atoms with Crippen molar-refractivity contribution in [2.24, 2.45) is 11.8 Å². The van der Waals surface area contributed by atoms with Gasteiger partial charge in [0.15, 0.2) is 5.78 Å². The SMILES string of the molecule is CC(=O)c1cccc(NC(=O)C2CC2C(=O)NC2CC2)c1. The Bertz CT molecular complexity index is 607. The smallest absolute Gasteiger partial charge is 0.228 e. The van der Waals surface area contributed by atoms with E-state index in [1.54, 1.807) is 24.3 Å². The van der Waals surface area contributed by atoms with Gasteiger partial charge in [-0.1, -0.05) is 12.1 Å². The van der Waals surface area contributed by atoms with Crippen LogP contribution in [0.4, 0.5) is 5.69 Å². The molecule has 3 rings (SSSR count). The highest BCUT2D eigenvalue weighted by Gasteiger charge is 2.48. The van der Waals surface area contributed by atoms with Crippen LogP contribution in [0.3, 0.4) is 0 Å². The lowest BCUT2D eigenvalue weighted by molar-refractivity contribution is -0.125. The number of rotatable bonds is 5. The van der Waals surface area contributed by atoms with Gasteiger partial charge in [0, 0.05) is 17.3 Å². The number of carbonyl (C=O) groups is 3. The molecule has 110 valence electrons. The third kappa shape index (κ3) is 3.29. The summed E-state index contributed by atoms with van der Waals surface area (Å²) in [4.78, 5) is 35.2. The van der Waals surface area contributed by atoms with Crippen LogP contribution >= 0.6 is 0 Å². The van der Waals surface area contributed by atoms with E-state index in [9.17, 15) is 14.4 Å². The molecule has 5 heteroatoms. The second kappa shape index (κ2) is 5.31. The van der Waals surface area contributed by atoms with Crippen LogP contribution < -0.4 is 10.6 Å². The Morgan fingerprint density at radius 2 is 1.81 bits per heavy atom. The average Bonchev–Trinajstić information content (AvgIpc) is 3.32. The van der Waals surface area contributed by atoms with Crippen molar-refractivity contribution < 1.29 is 14.4 Å². The molecule has 0 spiro atoms. The third-order valence-corrected chi connectivity index (χ3v) is 3.92. The van der Waals surface area contributed by atoms with Gasteiger partial charge in [0.05, 0.1) is 11.8 Å². The number of hydrogen-bond acceptors (Lipinski definition) is 3. The highest BCUT2D eigenvalue weighted by Crippen LogP contribution is 2.40. The van der Waals surface area contributed by atoms with Crippen molar-refractivity contribution in [1.29, 1.82) is 0 Å². The van der Waals surface area contributed by atoms with Crippen LogP contribution in [0.15, 0.2) is 24.3 Å². The molecule has 21 heavy (non-hydrogen) atoms. The molecule has 2 unspecified atom stereocenters. The van der Waals surface area contributed by atoms with Crippen molar-refractivity contribution in [3.05, 3.63) is 29.8 Å². The van der Waals surface area contributed by atoms with Gasteiger partial charge in [0.25, 0.3) is 0 Å². The molecule has 0 heterocycles. The maximum absolute atomic E-state index is 12.1. The van der Waals surface area contributed by atoms with E-state index in [0.29, 0.717) is 23.7 Å². The molecule has 0 bridgehead atoms. The third-order valence-electron chi connectivity index (χ3n) is 3.92. The molecule has 1 aromatic carbocycles. The zero-order valence-electron chi connectivity index (χ0n) is 11.9. The van der Waals surface area contributed by atoms with Crippen molar-refractivity contribution in [2.45, 2.75) is 32.2 Å². The van der Waals surface area contributed by atoms with E-state index in [0.717, 1.165) is 12.8 Å². The fourth-order valence-electron chi connectivity index (χ4n) is 2.36. The lowest BCUT2D eigenvalue weighted by Crippen LogP contribution is -2.29. The molecule has 0 saturated heterocycles. The Morgan fingerprint density at radius 3 is 2.48 bits per heavy atom. The molecule has 2 aliphatic carbocycles. The van der Waals surface area contributed by atoms with Gasteiger partial charge in [0.2, 0.25) is 11.8 Å². The monoisotopic (exact) mass is 286 g/mol. The number of anilines is 1. The van der Waals surface area contributed by atoms with Crippen LogP contribution in [0.1, 0.15) is 36.5 Å². The predicted molar refractivity (Wildman–Crippen MR) is 77.8 cm³/mol. The number of carbonyl (C=O) groups excluding carboxylic acids is 3. The lowest BCUT2D eigenvalue weighted by Gasteiger charge is -2.06. The Kier molecular flexibility index (Phi) is 3.49. The molecular formula is C16H18N2O3. The minimum absolute atomic E-state index is 0.00450. The van der Waals surface area contributed by atoms with E-state index in [2.05, 4.69) is 10.6 Å². The first-order valence-corrected chi connectivity index (χ1v) is 7.27. The first-order chi connectivity index (χ1) is 10.0. The van der Waals surface area contributed by atoms with Crippen LogP contribution in [0.2, 0.25) is 0 Å². The van der Waals surface area contributed by atoms with Crippen molar-refractivity contribution in [2.75, 3.05) is 5.32 Å². The zero-order valence-corrected chi connectivity index (χ0v) is 11.9. The number of benzene rings is 1. The van der Waals surface area contributed by atoms with E-state index in [4.69, 9.17) is 0 Å². The highest BCUT2D eigenvalue weighted by molar-refractivity contribution is 6.01. The van der Waals surface area contributed by atoms with E-state index >= 15 is 0 Å². The fraction of sp³-hybridized carbons (Fsp3) is 0.438. The summed E-state index contributed by atoms with van der Waals surface area (Å²) in [6.07, 6.45) is 2.71. The van der Waals surface area contributed by atoms with Gasteiger partial charge in [0.1, 0.15) is 0 Å². The first-order valence-electron chi connectivity index (χ1n) is 7.27. The van der Waals surface area contributed by atoms with Crippen molar-refractivity contribution in [3.8, 4) is 0 Å². The standard InChI is InChI=1S/C16H18N2O3/c1-9(19)10-3-2-4-12(7-10)18-16(21)14-8-13(14)15(20)17-11-5-6-11/h2-4,7,11,13-14H,5-6,8H2,1H3,(H,17,20)(H,18,21). The summed E-state index contributed by atoms with van der Waals surface area (Å²) in [6.45, 7) is 1.49. The number of nitrogens with one attached hydrogen (secondary N) is 2. The van der Waals surface area contributed by atoms with Crippen LogP contribution in [-0.4, -0.2) is 23.6 Å². The normalized spacial score (nSPS) is 23.3. The highest BCUT2D eigenvalue weighted by atomic mass is 16.2. The van der Waals surface area contributed by atoms with E-state index < -0.39 is 0 Å². The maximum atomic E-state index is 12.1. The molecule has 2 aliphatic rings. The number of ketones is 1. The van der Waals surface area contributed by atoms with Crippen LogP contribution in [0.5, 0.6) is 0 Å². The van der Waals surface area contributed by atoms with E-state index in [-0.39, 0.29) is 29.4 Å². The molecule has 2 amide bonds. The molecule has 0 radical (unpaired) electrons. The summed E-state index contributed by atoms with van der Waals surface area (Å²) in [5.41, 5.74) is 1.16. The van der Waals surface area contributed by atoms with Crippen molar-refractivity contribution >= 4 is 23.3 Å². The molecule has 2 N–H and O–H groups in total. The number of Topliss-reactive ketones (excluding diaryl/α,β-unsaturated/α-hetero) is 1. The molecule has 2 fully saturated rings. The Morgan fingerprint density at radius 1 is 1.10 bits per heavy atom. The number of amides is 2. The molecule has 0 aliphatic heterocycles. The summed E-state index contributed by atoms with van der Waals surface area (Å²) in [5, 5.41) is 5.71. The van der Waals surface area contributed by atoms with Crippen LogP contribution in [0.25, 0.3) is 0 Å². The summed E-state index contributed by atoms with van der Waals surface area (Å²) in [7, 11) is 0. The first kappa shape index (κ1) is 13.8. The van der Waals surface area contributed by atoms with Crippen molar-refractivity contribution in [3.63, 3.8) is 0 Å². The second-order valence-electron chi connectivity index (χ2n) is 5.86. The Balaban J connectivity index is 1.56. The van der Waals surface area contributed by atoms with Gasteiger partial charge in [-0.25, -0.2) is 0 Å². The molecule has 2 atom stereocenters. The summed E-state index contributed by atoms with van der Waals surface area (Å²) in [5.74, 6) is -0.632. The molecular weight excluding hydrogens is 268 g/mol. The Labute approximate surface area is 123 Å². The molecule has 2 saturated carbocycles.